The molecule has 0 bridgehead atoms. The molecule has 0 fully saturated rings. The number of aromatic nitrogens is 1. The van der Waals surface area contributed by atoms with Gasteiger partial charge in [0.1, 0.15) is 5.75 Å². The van der Waals surface area contributed by atoms with Crippen molar-refractivity contribution in [1.29, 1.82) is 0 Å². The molecule has 0 atom stereocenters. The van der Waals surface area contributed by atoms with Gasteiger partial charge in [-0.2, -0.15) is 0 Å². The molecule has 5 nitrogen and oxygen atoms in total. The highest BCUT2D eigenvalue weighted by Crippen LogP contribution is 2.18. The molecule has 0 spiro atoms. The normalized spacial score (nSPS) is 10.7. The van der Waals surface area contributed by atoms with Crippen LogP contribution in [0.25, 0.3) is 0 Å². The average Bonchev–Trinajstić information content (AvgIpc) is 2.86. The predicted molar refractivity (Wildman–Crippen MR) is 85.1 cm³/mol. The molecule has 21 heavy (non-hydrogen) atoms. The van der Waals surface area contributed by atoms with Crippen LogP contribution >= 0.6 is 11.3 Å². The number of anilines is 1. The molecule has 1 amide bonds. The quantitative estimate of drug-likeness (QED) is 0.891. The van der Waals surface area contributed by atoms with E-state index in [4.69, 9.17) is 4.74 Å². The topological polar surface area (TPSA) is 54.5 Å². The lowest BCUT2D eigenvalue weighted by Crippen LogP contribution is -2.13. The predicted octanol–water partition coefficient (Wildman–Crippen LogP) is 2.86. The van der Waals surface area contributed by atoms with Crippen LogP contribution in [0.5, 0.6) is 5.75 Å². The van der Waals surface area contributed by atoms with E-state index in [1.165, 1.54) is 11.3 Å². The fourth-order valence-corrected chi connectivity index (χ4v) is 2.50. The van der Waals surface area contributed by atoms with Gasteiger partial charge in [0.25, 0.3) is 5.91 Å². The Morgan fingerprint density at radius 1 is 1.33 bits per heavy atom. The molecule has 2 aromatic rings. The number of nitrogens with zero attached hydrogens (tertiary/aromatic N) is 2. The Labute approximate surface area is 128 Å². The van der Waals surface area contributed by atoms with Gasteiger partial charge >= 0.3 is 0 Å². The van der Waals surface area contributed by atoms with Crippen molar-refractivity contribution in [3.8, 4) is 5.75 Å². The highest BCUT2D eigenvalue weighted by molar-refractivity contribution is 7.13. The van der Waals surface area contributed by atoms with Crippen LogP contribution in [0, 0.1) is 0 Å². The molecule has 1 heterocycles. The lowest BCUT2D eigenvalue weighted by atomic mass is 10.2. The van der Waals surface area contributed by atoms with E-state index in [1.807, 2.05) is 31.3 Å². The first kappa shape index (κ1) is 15.5. The summed E-state index contributed by atoms with van der Waals surface area (Å²) in [4.78, 5) is 18.5. The molecule has 0 saturated carbocycles. The lowest BCUT2D eigenvalue weighted by Gasteiger charge is -2.06. The number of nitrogens with one attached hydrogen (secondary N) is 1. The average molecular weight is 305 g/mol. The number of thiazole rings is 1. The number of ether oxygens (including phenoxy) is 1. The largest absolute Gasteiger partial charge is 0.494 e. The first-order chi connectivity index (χ1) is 10.1. The van der Waals surface area contributed by atoms with E-state index in [0.717, 1.165) is 18.0 Å². The van der Waals surface area contributed by atoms with Crippen LogP contribution in [0.15, 0.2) is 29.6 Å². The number of benzene rings is 1. The Hall–Kier alpha value is -1.92. The van der Waals surface area contributed by atoms with Crippen molar-refractivity contribution in [3.63, 3.8) is 0 Å². The summed E-state index contributed by atoms with van der Waals surface area (Å²) in [5, 5.41) is 5.38. The standard InChI is InChI=1S/C15H19N3O2S/c1-4-20-13-7-5-11(6-8-13)14(19)17-15-16-12(10-21-15)9-18(2)3/h5-8,10H,4,9H2,1-3H3,(H,16,17,19). The van der Waals surface area contributed by atoms with Gasteiger partial charge in [0, 0.05) is 17.5 Å². The Morgan fingerprint density at radius 2 is 2.05 bits per heavy atom. The fourth-order valence-electron chi connectivity index (χ4n) is 1.80. The van der Waals surface area contributed by atoms with Gasteiger partial charge in [-0.25, -0.2) is 4.98 Å². The minimum absolute atomic E-state index is 0.163. The number of carbonyl (C=O) groups excluding carboxylic acids is 1. The van der Waals surface area contributed by atoms with Crippen molar-refractivity contribution < 1.29 is 9.53 Å². The molecule has 1 aromatic heterocycles. The molecule has 0 saturated heterocycles. The van der Waals surface area contributed by atoms with Crippen molar-refractivity contribution >= 4 is 22.4 Å². The smallest absolute Gasteiger partial charge is 0.257 e. The van der Waals surface area contributed by atoms with E-state index in [2.05, 4.69) is 10.3 Å². The summed E-state index contributed by atoms with van der Waals surface area (Å²) in [5.41, 5.74) is 1.54. The molecule has 0 unspecified atom stereocenters. The molecule has 0 aliphatic rings. The molecular weight excluding hydrogens is 286 g/mol. The highest BCUT2D eigenvalue weighted by Gasteiger charge is 2.09. The van der Waals surface area contributed by atoms with Gasteiger partial charge in [-0.1, -0.05) is 0 Å². The Balaban J connectivity index is 1.98. The van der Waals surface area contributed by atoms with Crippen LogP contribution in [0.1, 0.15) is 23.0 Å². The number of rotatable bonds is 6. The maximum Gasteiger partial charge on any atom is 0.257 e. The summed E-state index contributed by atoms with van der Waals surface area (Å²) in [6, 6.07) is 7.07. The summed E-state index contributed by atoms with van der Waals surface area (Å²) in [7, 11) is 3.97. The third kappa shape index (κ3) is 4.54. The van der Waals surface area contributed by atoms with Crippen LogP contribution in [-0.2, 0) is 6.54 Å². The summed E-state index contributed by atoms with van der Waals surface area (Å²) in [5.74, 6) is 0.598. The molecule has 2 rings (SSSR count). The number of amides is 1. The van der Waals surface area contributed by atoms with Crippen molar-refractivity contribution in [2.24, 2.45) is 0 Å². The first-order valence-corrected chi connectivity index (χ1v) is 7.59. The van der Waals surface area contributed by atoms with Crippen molar-refractivity contribution in [2.75, 3.05) is 26.0 Å². The SMILES string of the molecule is CCOc1ccc(C(=O)Nc2nc(CN(C)C)cs2)cc1. The van der Waals surface area contributed by atoms with Gasteiger partial charge in [0.05, 0.1) is 12.3 Å². The van der Waals surface area contributed by atoms with Gasteiger partial charge in [-0.3, -0.25) is 10.1 Å². The molecule has 0 aliphatic heterocycles. The summed E-state index contributed by atoms with van der Waals surface area (Å²) in [6.07, 6.45) is 0. The van der Waals surface area contributed by atoms with Gasteiger partial charge in [-0.05, 0) is 45.3 Å². The number of hydrogen-bond acceptors (Lipinski definition) is 5. The second-order valence-corrected chi connectivity index (χ2v) is 5.65. The molecule has 0 aliphatic carbocycles. The van der Waals surface area contributed by atoms with Gasteiger partial charge in [0.2, 0.25) is 0 Å². The summed E-state index contributed by atoms with van der Waals surface area (Å²) >= 11 is 1.43. The minimum atomic E-state index is -0.163. The fraction of sp³-hybridized carbons (Fsp3) is 0.333. The number of hydrogen-bond donors (Lipinski definition) is 1. The molecule has 1 aromatic carbocycles. The molecule has 112 valence electrons. The van der Waals surface area contributed by atoms with Crippen molar-refractivity contribution in [3.05, 3.63) is 40.9 Å². The minimum Gasteiger partial charge on any atom is -0.494 e. The van der Waals surface area contributed by atoms with E-state index in [9.17, 15) is 4.79 Å². The van der Waals surface area contributed by atoms with E-state index in [-0.39, 0.29) is 5.91 Å². The monoisotopic (exact) mass is 305 g/mol. The van der Waals surface area contributed by atoms with Gasteiger partial charge < -0.3 is 9.64 Å². The molecule has 1 N–H and O–H groups in total. The zero-order chi connectivity index (χ0) is 15.2. The number of carbonyl (C=O) groups is 1. The van der Waals surface area contributed by atoms with Crippen LogP contribution in [0.2, 0.25) is 0 Å². The maximum absolute atomic E-state index is 12.1. The van der Waals surface area contributed by atoms with Crippen LogP contribution in [0.4, 0.5) is 5.13 Å². The van der Waals surface area contributed by atoms with Crippen molar-refractivity contribution in [2.45, 2.75) is 13.5 Å². The van der Waals surface area contributed by atoms with E-state index in [1.54, 1.807) is 24.3 Å². The maximum atomic E-state index is 12.1. The Bertz CT molecular complexity index is 593. The lowest BCUT2D eigenvalue weighted by molar-refractivity contribution is 0.102. The highest BCUT2D eigenvalue weighted by atomic mass is 32.1. The van der Waals surface area contributed by atoms with Gasteiger partial charge in [0.15, 0.2) is 5.13 Å². The Morgan fingerprint density at radius 3 is 2.67 bits per heavy atom. The molecule has 0 radical (unpaired) electrons. The summed E-state index contributed by atoms with van der Waals surface area (Å²) in [6.45, 7) is 3.29. The zero-order valence-electron chi connectivity index (χ0n) is 12.4. The first-order valence-electron chi connectivity index (χ1n) is 6.72. The Kier molecular flexibility index (Phi) is 5.30. The van der Waals surface area contributed by atoms with E-state index < -0.39 is 0 Å². The van der Waals surface area contributed by atoms with E-state index >= 15 is 0 Å². The zero-order valence-corrected chi connectivity index (χ0v) is 13.2. The van der Waals surface area contributed by atoms with Gasteiger partial charge in [-0.15, -0.1) is 11.3 Å². The second-order valence-electron chi connectivity index (χ2n) is 4.79. The third-order valence-electron chi connectivity index (χ3n) is 2.68. The van der Waals surface area contributed by atoms with Crippen LogP contribution in [-0.4, -0.2) is 36.5 Å². The molecular formula is C15H19N3O2S. The summed E-state index contributed by atoms with van der Waals surface area (Å²) < 4.78 is 5.35. The van der Waals surface area contributed by atoms with E-state index in [0.29, 0.717) is 17.3 Å². The molecule has 6 heteroatoms. The van der Waals surface area contributed by atoms with Crippen LogP contribution < -0.4 is 10.1 Å². The van der Waals surface area contributed by atoms with Crippen molar-refractivity contribution in [1.82, 2.24) is 9.88 Å². The second kappa shape index (κ2) is 7.19. The van der Waals surface area contributed by atoms with Crippen LogP contribution in [0.3, 0.4) is 0 Å². The third-order valence-corrected chi connectivity index (χ3v) is 3.48.